The largest absolute Gasteiger partial charge is 0.416 e. The molecule has 2 aromatic heterocycles. The Morgan fingerprint density at radius 2 is 2.00 bits per heavy atom. The molecular formula is C22H21F4N7O2. The highest BCUT2D eigenvalue weighted by Gasteiger charge is 2.45. The monoisotopic (exact) mass is 491 g/mol. The number of fused-ring (bicyclic) bond motifs is 1. The summed E-state index contributed by atoms with van der Waals surface area (Å²) in [4.78, 5) is 37.0. The van der Waals surface area contributed by atoms with Crippen LogP contribution in [0.15, 0.2) is 43.1 Å². The smallest absolute Gasteiger partial charge is 0.355 e. The number of nitrogens with one attached hydrogen (secondary N) is 2. The molecule has 13 heteroatoms. The van der Waals surface area contributed by atoms with Crippen molar-refractivity contribution in [1.29, 1.82) is 0 Å². The lowest BCUT2D eigenvalue weighted by Crippen LogP contribution is -2.52. The molecule has 1 spiro atoms. The first-order valence-electron chi connectivity index (χ1n) is 10.9. The van der Waals surface area contributed by atoms with Crippen molar-refractivity contribution in [3.63, 3.8) is 0 Å². The van der Waals surface area contributed by atoms with E-state index >= 15 is 0 Å². The van der Waals surface area contributed by atoms with Crippen molar-refractivity contribution in [3.8, 4) is 0 Å². The Kier molecular flexibility index (Phi) is 5.49. The fraction of sp³-hybridized carbons (Fsp3) is 0.364. The van der Waals surface area contributed by atoms with Crippen LogP contribution in [0, 0.1) is 5.82 Å². The van der Waals surface area contributed by atoms with Crippen molar-refractivity contribution in [2.75, 3.05) is 36.4 Å². The van der Waals surface area contributed by atoms with Gasteiger partial charge in [0.05, 0.1) is 29.3 Å². The van der Waals surface area contributed by atoms with E-state index in [2.05, 4.69) is 25.5 Å². The van der Waals surface area contributed by atoms with Crippen molar-refractivity contribution >= 4 is 29.0 Å². The predicted molar refractivity (Wildman–Crippen MR) is 117 cm³/mol. The molecule has 1 aromatic carbocycles. The maximum Gasteiger partial charge on any atom is 0.416 e. The number of carbonyl (C=O) groups is 2. The number of amides is 3. The molecule has 0 radical (unpaired) electrons. The minimum absolute atomic E-state index is 0.285. The van der Waals surface area contributed by atoms with Crippen LogP contribution in [0.2, 0.25) is 0 Å². The highest BCUT2D eigenvalue weighted by Crippen LogP contribution is 2.32. The lowest BCUT2D eigenvalue weighted by molar-refractivity contribution is -0.137. The van der Waals surface area contributed by atoms with Crippen LogP contribution < -0.4 is 15.5 Å². The molecule has 184 valence electrons. The van der Waals surface area contributed by atoms with Crippen molar-refractivity contribution in [2.45, 2.75) is 24.6 Å². The number of anilines is 2. The minimum atomic E-state index is -4.69. The van der Waals surface area contributed by atoms with Crippen LogP contribution in [0.5, 0.6) is 0 Å². The first-order valence-corrected chi connectivity index (χ1v) is 10.9. The zero-order valence-corrected chi connectivity index (χ0v) is 18.3. The molecule has 2 N–H and O–H groups in total. The van der Waals surface area contributed by atoms with Gasteiger partial charge in [0, 0.05) is 32.0 Å². The number of alkyl halides is 3. The Hall–Kier alpha value is -3.90. The fourth-order valence-corrected chi connectivity index (χ4v) is 4.58. The number of benzene rings is 1. The molecule has 35 heavy (non-hydrogen) atoms. The molecule has 4 heterocycles. The molecule has 9 nitrogen and oxygen atoms in total. The summed E-state index contributed by atoms with van der Waals surface area (Å²) in [5.41, 5.74) is -1.17. The number of urea groups is 1. The van der Waals surface area contributed by atoms with E-state index in [0.29, 0.717) is 38.1 Å². The van der Waals surface area contributed by atoms with Crippen LogP contribution in [0.25, 0.3) is 5.52 Å². The normalized spacial score (nSPS) is 17.8. The highest BCUT2D eigenvalue weighted by molar-refractivity contribution is 5.95. The summed E-state index contributed by atoms with van der Waals surface area (Å²) in [6, 6.07) is 1.44. The molecule has 2 aliphatic rings. The third-order valence-electron chi connectivity index (χ3n) is 6.40. The van der Waals surface area contributed by atoms with E-state index in [0.717, 1.165) is 17.4 Å². The second-order valence-corrected chi connectivity index (χ2v) is 8.73. The summed E-state index contributed by atoms with van der Waals surface area (Å²) in [6.45, 7) is 1.20. The number of aromatic nitrogens is 3. The lowest BCUT2D eigenvalue weighted by atomic mass is 9.88. The predicted octanol–water partition coefficient (Wildman–Crippen LogP) is 2.89. The van der Waals surface area contributed by atoms with Crippen LogP contribution in [-0.4, -0.2) is 62.9 Å². The molecule has 0 bridgehead atoms. The third kappa shape index (κ3) is 4.45. The number of nitrogens with zero attached hydrogens (tertiary/aromatic N) is 5. The zero-order valence-electron chi connectivity index (χ0n) is 18.3. The fourth-order valence-electron chi connectivity index (χ4n) is 4.58. The summed E-state index contributed by atoms with van der Waals surface area (Å²) in [5.74, 6) is -1.10. The standard InChI is InChI=1S/C22H21F4N7O2/c23-15-9-14(22(24,25)26)1-2-16(15)29-18(34)11-33-12-21(30-20(33)35)3-6-31(7-4-21)19-17-10-27-13-32(17)8-5-28-19/h1-2,5,8-10,13H,3-4,6-7,11-12H2,(H,29,34)(H,30,35). The Bertz CT molecular complexity index is 1280. The van der Waals surface area contributed by atoms with Gasteiger partial charge in [-0.3, -0.25) is 4.79 Å². The van der Waals surface area contributed by atoms with Gasteiger partial charge in [-0.2, -0.15) is 13.2 Å². The van der Waals surface area contributed by atoms with Gasteiger partial charge < -0.3 is 24.8 Å². The Labute approximate surface area is 196 Å². The lowest BCUT2D eigenvalue weighted by Gasteiger charge is -2.39. The Balaban J connectivity index is 1.20. The van der Waals surface area contributed by atoms with Crippen LogP contribution in [0.3, 0.4) is 0 Å². The van der Waals surface area contributed by atoms with E-state index in [9.17, 15) is 27.2 Å². The molecule has 3 amide bonds. The van der Waals surface area contributed by atoms with E-state index in [1.807, 2.05) is 10.6 Å². The van der Waals surface area contributed by atoms with E-state index < -0.39 is 35.0 Å². The number of hydrogen-bond acceptors (Lipinski definition) is 5. The first kappa shape index (κ1) is 22.9. The maximum absolute atomic E-state index is 14.0. The van der Waals surface area contributed by atoms with Gasteiger partial charge in [-0.15, -0.1) is 0 Å². The molecule has 3 aromatic rings. The van der Waals surface area contributed by atoms with Gasteiger partial charge >= 0.3 is 12.2 Å². The Morgan fingerprint density at radius 3 is 2.71 bits per heavy atom. The van der Waals surface area contributed by atoms with Crippen molar-refractivity contribution in [3.05, 3.63) is 54.5 Å². The second-order valence-electron chi connectivity index (χ2n) is 8.73. The number of piperidine rings is 1. The summed E-state index contributed by atoms with van der Waals surface area (Å²) < 4.78 is 54.1. The molecule has 0 saturated carbocycles. The quantitative estimate of drug-likeness (QED) is 0.548. The maximum atomic E-state index is 14.0. The van der Waals surface area contributed by atoms with Gasteiger partial charge in [0.25, 0.3) is 0 Å². The molecular weight excluding hydrogens is 470 g/mol. The summed E-state index contributed by atoms with van der Waals surface area (Å²) in [5, 5.41) is 5.21. The number of imidazole rings is 1. The van der Waals surface area contributed by atoms with Crippen LogP contribution in [0.4, 0.5) is 33.9 Å². The van der Waals surface area contributed by atoms with Crippen molar-refractivity contribution in [2.24, 2.45) is 0 Å². The molecule has 5 rings (SSSR count). The molecule has 2 aliphatic heterocycles. The summed E-state index contributed by atoms with van der Waals surface area (Å²) >= 11 is 0. The van der Waals surface area contributed by atoms with E-state index in [1.54, 1.807) is 18.7 Å². The molecule has 0 unspecified atom stereocenters. The zero-order chi connectivity index (χ0) is 24.8. The average molecular weight is 491 g/mol. The van der Waals surface area contributed by atoms with Crippen molar-refractivity contribution < 1.29 is 27.2 Å². The van der Waals surface area contributed by atoms with Gasteiger partial charge in [-0.1, -0.05) is 0 Å². The van der Waals surface area contributed by atoms with E-state index in [4.69, 9.17) is 0 Å². The van der Waals surface area contributed by atoms with Gasteiger partial charge in [-0.25, -0.2) is 19.2 Å². The second kappa shape index (κ2) is 8.40. The van der Waals surface area contributed by atoms with Crippen LogP contribution in [-0.2, 0) is 11.0 Å². The van der Waals surface area contributed by atoms with E-state index in [-0.39, 0.29) is 18.8 Å². The summed E-state index contributed by atoms with van der Waals surface area (Å²) in [7, 11) is 0. The van der Waals surface area contributed by atoms with Gasteiger partial charge in [0.1, 0.15) is 17.9 Å². The SMILES string of the molecule is O=C(CN1CC2(CCN(c3nccn4cncc34)CC2)NC1=O)Nc1ccc(C(F)(F)F)cc1F. The topological polar surface area (TPSA) is 94.9 Å². The number of halogens is 4. The van der Waals surface area contributed by atoms with Gasteiger partial charge in [-0.05, 0) is 31.0 Å². The first-order chi connectivity index (χ1) is 16.6. The molecule has 0 atom stereocenters. The number of hydrogen-bond donors (Lipinski definition) is 2. The van der Waals surface area contributed by atoms with Gasteiger partial charge in [0.2, 0.25) is 5.91 Å². The highest BCUT2D eigenvalue weighted by atomic mass is 19.4. The summed E-state index contributed by atoms with van der Waals surface area (Å²) in [6.07, 6.45) is 3.51. The minimum Gasteiger partial charge on any atom is -0.355 e. The number of rotatable bonds is 4. The third-order valence-corrected chi connectivity index (χ3v) is 6.40. The molecule has 2 saturated heterocycles. The number of carbonyl (C=O) groups excluding carboxylic acids is 2. The van der Waals surface area contributed by atoms with Gasteiger partial charge in [0.15, 0.2) is 5.82 Å². The van der Waals surface area contributed by atoms with Crippen LogP contribution in [0.1, 0.15) is 18.4 Å². The molecule has 2 fully saturated rings. The Morgan fingerprint density at radius 1 is 1.23 bits per heavy atom. The molecule has 0 aliphatic carbocycles. The van der Waals surface area contributed by atoms with Crippen LogP contribution >= 0.6 is 0 Å². The average Bonchev–Trinajstić information content (AvgIpc) is 3.39. The van der Waals surface area contributed by atoms with E-state index in [1.165, 1.54) is 4.90 Å². The van der Waals surface area contributed by atoms with Crippen molar-refractivity contribution in [1.82, 2.24) is 24.6 Å².